The first kappa shape index (κ1) is 14.6. The predicted molar refractivity (Wildman–Crippen MR) is 66.7 cm³/mol. The number of para-hydroxylation sites is 1. The lowest BCUT2D eigenvalue weighted by Crippen LogP contribution is -2.07. The summed E-state index contributed by atoms with van der Waals surface area (Å²) in [6, 6.07) is 6.15. The van der Waals surface area contributed by atoms with E-state index < -0.39 is 11.7 Å². The first-order chi connectivity index (χ1) is 9.41. The highest BCUT2D eigenvalue weighted by Gasteiger charge is 2.34. The van der Waals surface area contributed by atoms with E-state index in [9.17, 15) is 13.2 Å². The first-order valence-corrected chi connectivity index (χ1v) is 5.89. The van der Waals surface area contributed by atoms with Crippen molar-refractivity contribution in [1.29, 1.82) is 0 Å². The van der Waals surface area contributed by atoms with Crippen molar-refractivity contribution in [2.45, 2.75) is 12.8 Å². The van der Waals surface area contributed by atoms with Gasteiger partial charge in [0.15, 0.2) is 0 Å². The molecule has 1 aromatic carbocycles. The van der Waals surface area contributed by atoms with Gasteiger partial charge in [-0.2, -0.15) is 13.2 Å². The van der Waals surface area contributed by atoms with Crippen molar-refractivity contribution in [3.8, 4) is 11.6 Å². The highest BCUT2D eigenvalue weighted by molar-refractivity contribution is 6.31. The molecule has 1 N–H and O–H groups in total. The fourth-order valence-corrected chi connectivity index (χ4v) is 1.75. The Morgan fingerprint density at radius 3 is 2.55 bits per heavy atom. The second-order valence-corrected chi connectivity index (χ2v) is 4.29. The molecule has 7 heteroatoms. The zero-order chi connectivity index (χ0) is 14.8. The lowest BCUT2D eigenvalue weighted by molar-refractivity contribution is -0.138. The molecule has 0 amide bonds. The second-order valence-electron chi connectivity index (χ2n) is 3.88. The number of hydrogen-bond acceptors (Lipinski definition) is 3. The summed E-state index contributed by atoms with van der Waals surface area (Å²) in [6.07, 6.45) is -3.26. The third-order valence-electron chi connectivity index (χ3n) is 2.45. The van der Waals surface area contributed by atoms with Crippen LogP contribution in [0.1, 0.15) is 11.1 Å². The Kier molecular flexibility index (Phi) is 4.15. The van der Waals surface area contributed by atoms with Gasteiger partial charge in [0, 0.05) is 6.20 Å². The lowest BCUT2D eigenvalue weighted by atomic mass is 10.2. The van der Waals surface area contributed by atoms with Crippen molar-refractivity contribution in [3.63, 3.8) is 0 Å². The zero-order valence-electron chi connectivity index (χ0n) is 9.99. The number of aromatic nitrogens is 1. The summed E-state index contributed by atoms with van der Waals surface area (Å²) < 4.78 is 43.5. The number of pyridine rings is 1. The van der Waals surface area contributed by atoms with Gasteiger partial charge in [0.05, 0.1) is 12.2 Å². The van der Waals surface area contributed by atoms with E-state index in [-0.39, 0.29) is 23.3 Å². The number of benzene rings is 1. The largest absolute Gasteiger partial charge is 0.437 e. The molecule has 20 heavy (non-hydrogen) atoms. The van der Waals surface area contributed by atoms with Gasteiger partial charge in [0.1, 0.15) is 10.8 Å². The number of aliphatic hydroxyl groups is 1. The summed E-state index contributed by atoms with van der Waals surface area (Å²) in [6.45, 7) is -0.272. The molecule has 0 bridgehead atoms. The van der Waals surface area contributed by atoms with E-state index in [4.69, 9.17) is 21.4 Å². The van der Waals surface area contributed by atoms with Crippen molar-refractivity contribution in [2.24, 2.45) is 0 Å². The SMILES string of the molecule is OCc1cnc(Oc2ccccc2C(F)(F)F)c(Cl)c1. The van der Waals surface area contributed by atoms with Crippen LogP contribution in [0.2, 0.25) is 5.02 Å². The third kappa shape index (κ3) is 3.20. The highest BCUT2D eigenvalue weighted by Crippen LogP contribution is 2.38. The Labute approximate surface area is 117 Å². The van der Waals surface area contributed by atoms with Crippen LogP contribution in [0, 0.1) is 0 Å². The molecule has 2 aromatic rings. The molecule has 1 heterocycles. The highest BCUT2D eigenvalue weighted by atomic mass is 35.5. The molecule has 0 aliphatic rings. The van der Waals surface area contributed by atoms with Crippen LogP contribution in [0.4, 0.5) is 13.2 Å². The van der Waals surface area contributed by atoms with Gasteiger partial charge in [-0.3, -0.25) is 0 Å². The van der Waals surface area contributed by atoms with E-state index in [1.807, 2.05) is 0 Å². The number of alkyl halides is 3. The number of ether oxygens (including phenoxy) is 1. The molecule has 0 unspecified atom stereocenters. The van der Waals surface area contributed by atoms with Gasteiger partial charge in [-0.1, -0.05) is 23.7 Å². The van der Waals surface area contributed by atoms with Crippen molar-refractivity contribution in [3.05, 3.63) is 52.7 Å². The van der Waals surface area contributed by atoms with Gasteiger partial charge < -0.3 is 9.84 Å². The number of hydrogen-bond donors (Lipinski definition) is 1. The van der Waals surface area contributed by atoms with Gasteiger partial charge in [0.25, 0.3) is 0 Å². The zero-order valence-corrected chi connectivity index (χ0v) is 10.7. The molecule has 106 valence electrons. The van der Waals surface area contributed by atoms with Crippen LogP contribution in [0.5, 0.6) is 11.6 Å². The summed E-state index contributed by atoms with van der Waals surface area (Å²) in [4.78, 5) is 3.79. The predicted octanol–water partition coefficient (Wildman–Crippen LogP) is 4.04. The molecule has 0 saturated carbocycles. The molecular formula is C13H9ClF3NO2. The van der Waals surface area contributed by atoms with Gasteiger partial charge >= 0.3 is 6.18 Å². The van der Waals surface area contributed by atoms with Crippen LogP contribution in [0.15, 0.2) is 36.5 Å². The Morgan fingerprint density at radius 1 is 1.25 bits per heavy atom. The second kappa shape index (κ2) is 5.68. The van der Waals surface area contributed by atoms with Crippen LogP contribution in [-0.4, -0.2) is 10.1 Å². The van der Waals surface area contributed by atoms with Gasteiger partial charge in [-0.25, -0.2) is 4.98 Å². The maximum atomic E-state index is 12.8. The lowest BCUT2D eigenvalue weighted by Gasteiger charge is -2.13. The summed E-state index contributed by atoms with van der Waals surface area (Å²) in [5, 5.41) is 8.93. The molecular weight excluding hydrogens is 295 g/mol. The minimum absolute atomic E-state index is 0.0218. The van der Waals surface area contributed by atoms with E-state index in [2.05, 4.69) is 4.98 Å². The maximum absolute atomic E-state index is 12.8. The molecule has 0 aliphatic carbocycles. The fraction of sp³-hybridized carbons (Fsp3) is 0.154. The monoisotopic (exact) mass is 303 g/mol. The van der Waals surface area contributed by atoms with Gasteiger partial charge in [-0.05, 0) is 23.8 Å². The molecule has 2 rings (SSSR count). The maximum Gasteiger partial charge on any atom is 0.419 e. The minimum Gasteiger partial charge on any atom is -0.437 e. The molecule has 0 atom stereocenters. The van der Waals surface area contributed by atoms with Crippen LogP contribution >= 0.6 is 11.6 Å². The average molecular weight is 304 g/mol. The van der Waals surface area contributed by atoms with E-state index in [1.54, 1.807) is 0 Å². The standard InChI is InChI=1S/C13H9ClF3NO2/c14-10-5-8(7-19)6-18-12(10)20-11-4-2-1-3-9(11)13(15,16)17/h1-6,19H,7H2. The number of halogens is 4. The normalized spacial score (nSPS) is 11.4. The van der Waals surface area contributed by atoms with Gasteiger partial charge in [0.2, 0.25) is 5.88 Å². The summed E-state index contributed by atoms with van der Waals surface area (Å²) in [5.41, 5.74) is -0.476. The third-order valence-corrected chi connectivity index (χ3v) is 2.72. The molecule has 0 saturated heterocycles. The molecule has 0 fully saturated rings. The molecule has 3 nitrogen and oxygen atoms in total. The molecule has 1 aromatic heterocycles. The average Bonchev–Trinajstić information content (AvgIpc) is 2.40. The van der Waals surface area contributed by atoms with Crippen molar-refractivity contribution in [1.82, 2.24) is 4.98 Å². The molecule has 0 radical (unpaired) electrons. The van der Waals surface area contributed by atoms with Crippen molar-refractivity contribution >= 4 is 11.6 Å². The Morgan fingerprint density at radius 2 is 1.95 bits per heavy atom. The Bertz CT molecular complexity index is 617. The summed E-state index contributed by atoms with van der Waals surface area (Å²) in [7, 11) is 0. The summed E-state index contributed by atoms with van der Waals surface area (Å²) in [5.74, 6) is -0.535. The quantitative estimate of drug-likeness (QED) is 0.930. The van der Waals surface area contributed by atoms with Gasteiger partial charge in [-0.15, -0.1) is 0 Å². The number of nitrogens with zero attached hydrogens (tertiary/aromatic N) is 1. The molecule has 0 aliphatic heterocycles. The van der Waals surface area contributed by atoms with E-state index in [1.165, 1.54) is 30.5 Å². The van der Waals surface area contributed by atoms with Crippen LogP contribution in [0.25, 0.3) is 0 Å². The van der Waals surface area contributed by atoms with Crippen LogP contribution in [-0.2, 0) is 12.8 Å². The van der Waals surface area contributed by atoms with E-state index in [0.717, 1.165) is 6.07 Å². The fourth-order valence-electron chi connectivity index (χ4n) is 1.52. The summed E-state index contributed by atoms with van der Waals surface area (Å²) >= 11 is 5.84. The van der Waals surface area contributed by atoms with Crippen molar-refractivity contribution < 1.29 is 23.0 Å². The smallest absolute Gasteiger partial charge is 0.419 e. The number of aliphatic hydroxyl groups excluding tert-OH is 1. The van der Waals surface area contributed by atoms with E-state index >= 15 is 0 Å². The first-order valence-electron chi connectivity index (χ1n) is 5.51. The van der Waals surface area contributed by atoms with Crippen LogP contribution < -0.4 is 4.74 Å². The Hall–Kier alpha value is -1.79. The van der Waals surface area contributed by atoms with Crippen molar-refractivity contribution in [2.75, 3.05) is 0 Å². The Balaban J connectivity index is 2.36. The van der Waals surface area contributed by atoms with E-state index in [0.29, 0.717) is 5.56 Å². The van der Waals surface area contributed by atoms with Crippen LogP contribution in [0.3, 0.4) is 0 Å². The number of rotatable bonds is 3. The minimum atomic E-state index is -4.53. The molecule has 0 spiro atoms. The topological polar surface area (TPSA) is 42.4 Å².